The minimum absolute atomic E-state index is 0.102. The van der Waals surface area contributed by atoms with Crippen LogP contribution in [0.5, 0.6) is 17.2 Å². The topological polar surface area (TPSA) is 74.2 Å². The predicted molar refractivity (Wildman–Crippen MR) is 120 cm³/mol. The van der Waals surface area contributed by atoms with Gasteiger partial charge in [-0.05, 0) is 57.0 Å². The summed E-state index contributed by atoms with van der Waals surface area (Å²) in [5.41, 5.74) is 0.359. The molecule has 2 aromatic rings. The highest BCUT2D eigenvalue weighted by Crippen LogP contribution is 2.52. The van der Waals surface area contributed by atoms with Crippen molar-refractivity contribution in [2.75, 3.05) is 13.2 Å². The number of fused-ring (bicyclic) bond motifs is 3. The van der Waals surface area contributed by atoms with Crippen molar-refractivity contribution >= 4 is 5.97 Å². The Bertz CT molecular complexity index is 925. The summed E-state index contributed by atoms with van der Waals surface area (Å²) in [7, 11) is 0. The molecule has 0 radical (unpaired) electrons. The first-order chi connectivity index (χ1) is 15.4. The number of rotatable bonds is 8. The molecule has 0 unspecified atom stereocenters. The van der Waals surface area contributed by atoms with Crippen LogP contribution in [0, 0.1) is 11.8 Å². The van der Waals surface area contributed by atoms with E-state index in [2.05, 4.69) is 6.92 Å². The van der Waals surface area contributed by atoms with Crippen LogP contribution in [0.15, 0.2) is 48.5 Å². The smallest absolute Gasteiger partial charge is 0.309 e. The number of unbranched alkanes of at least 4 members (excludes halogenated alkanes) is 1. The van der Waals surface area contributed by atoms with Gasteiger partial charge in [0.15, 0.2) is 0 Å². The fourth-order valence-electron chi connectivity index (χ4n) is 4.60. The van der Waals surface area contributed by atoms with E-state index in [-0.39, 0.29) is 18.6 Å². The van der Waals surface area contributed by atoms with E-state index in [1.54, 1.807) is 0 Å². The molecule has 172 valence electrons. The summed E-state index contributed by atoms with van der Waals surface area (Å²) in [5.74, 6) is 0.587. The zero-order valence-corrected chi connectivity index (χ0v) is 19.0. The van der Waals surface area contributed by atoms with Gasteiger partial charge in [0.1, 0.15) is 35.6 Å². The highest BCUT2D eigenvalue weighted by molar-refractivity contribution is 5.71. The van der Waals surface area contributed by atoms with E-state index in [4.69, 9.17) is 18.9 Å². The van der Waals surface area contributed by atoms with Crippen LogP contribution >= 0.6 is 0 Å². The molecule has 0 spiro atoms. The summed E-state index contributed by atoms with van der Waals surface area (Å²) >= 11 is 0. The van der Waals surface area contributed by atoms with Gasteiger partial charge in [0, 0.05) is 11.5 Å². The number of hydrogen-bond donors (Lipinski definition) is 1. The van der Waals surface area contributed by atoms with Crippen molar-refractivity contribution in [1.82, 2.24) is 0 Å². The molecule has 2 aliphatic heterocycles. The van der Waals surface area contributed by atoms with E-state index < -0.39 is 23.6 Å². The molecule has 0 aliphatic carbocycles. The highest BCUT2D eigenvalue weighted by Gasteiger charge is 2.52. The maximum atomic E-state index is 12.1. The third-order valence-electron chi connectivity index (χ3n) is 6.44. The number of aliphatic carboxylic acids is 1. The van der Waals surface area contributed by atoms with Gasteiger partial charge in [-0.25, -0.2) is 0 Å². The van der Waals surface area contributed by atoms with E-state index >= 15 is 0 Å². The Labute approximate surface area is 189 Å². The summed E-state index contributed by atoms with van der Waals surface area (Å²) in [4.78, 5) is 12.1. The Kier molecular flexibility index (Phi) is 6.60. The highest BCUT2D eigenvalue weighted by atomic mass is 16.6. The lowest BCUT2D eigenvalue weighted by molar-refractivity contribution is -0.192. The van der Waals surface area contributed by atoms with Crippen molar-refractivity contribution in [2.45, 2.75) is 57.8 Å². The molecule has 2 heterocycles. The van der Waals surface area contributed by atoms with E-state index in [0.29, 0.717) is 18.8 Å². The van der Waals surface area contributed by atoms with Crippen LogP contribution in [0.4, 0.5) is 0 Å². The first kappa shape index (κ1) is 22.5. The lowest BCUT2D eigenvalue weighted by Gasteiger charge is -2.50. The molecule has 0 amide bonds. The Morgan fingerprint density at radius 2 is 1.91 bits per heavy atom. The van der Waals surface area contributed by atoms with Crippen LogP contribution in [0.2, 0.25) is 0 Å². The largest absolute Gasteiger partial charge is 0.494 e. The molecule has 1 saturated heterocycles. The Morgan fingerprint density at radius 1 is 1.12 bits per heavy atom. The first-order valence-corrected chi connectivity index (χ1v) is 11.4. The van der Waals surface area contributed by atoms with Crippen molar-refractivity contribution in [1.29, 1.82) is 0 Å². The normalized spacial score (nSPS) is 25.7. The van der Waals surface area contributed by atoms with Crippen LogP contribution in [-0.4, -0.2) is 36.0 Å². The number of hydrogen-bond acceptors (Lipinski definition) is 5. The molecule has 0 bridgehead atoms. The maximum absolute atomic E-state index is 12.1. The van der Waals surface area contributed by atoms with Gasteiger partial charge in [-0.2, -0.15) is 0 Å². The summed E-state index contributed by atoms with van der Waals surface area (Å²) in [6.07, 6.45) is 1.65. The minimum Gasteiger partial charge on any atom is -0.494 e. The van der Waals surface area contributed by atoms with Crippen molar-refractivity contribution in [3.05, 3.63) is 54.1 Å². The van der Waals surface area contributed by atoms with Crippen molar-refractivity contribution < 1.29 is 28.8 Å². The predicted octanol–water partition coefficient (Wildman–Crippen LogP) is 5.26. The van der Waals surface area contributed by atoms with Crippen molar-refractivity contribution in [3.8, 4) is 17.2 Å². The lowest BCUT2D eigenvalue weighted by atomic mass is 9.72. The molecule has 6 heteroatoms. The fourth-order valence-corrected chi connectivity index (χ4v) is 4.60. The lowest BCUT2D eigenvalue weighted by Crippen LogP contribution is -2.53. The number of carboxylic acids is 1. The molecule has 0 saturated carbocycles. The summed E-state index contributed by atoms with van der Waals surface area (Å²) in [6, 6.07) is 15.2. The standard InChI is InChI=1S/C26H32O6/c1-4-5-13-29-18-11-12-22-19(14-18)24-21(26(2,3)32-22)15-20(25(27)28)23(31-24)16-30-17-9-7-6-8-10-17/h6-12,14,20-21,23-24H,4-5,13,15-16H2,1-3H3,(H,27,28)/t20-,21-,23-,24+/m0/s1. The number of para-hydroxylation sites is 1. The van der Waals surface area contributed by atoms with E-state index in [1.165, 1.54) is 0 Å². The molecule has 32 heavy (non-hydrogen) atoms. The molecule has 4 rings (SSSR count). The van der Waals surface area contributed by atoms with Crippen molar-refractivity contribution in [3.63, 3.8) is 0 Å². The number of carbonyl (C=O) groups is 1. The molecule has 4 atom stereocenters. The maximum Gasteiger partial charge on any atom is 0.309 e. The molecular formula is C26H32O6. The SMILES string of the molecule is CCCCOc1ccc2c(c1)[C@H]1O[C@@H](COc3ccccc3)[C@@H](C(=O)O)C[C@@H]1C(C)(C)O2. The van der Waals surface area contributed by atoms with Crippen molar-refractivity contribution in [2.24, 2.45) is 11.8 Å². The van der Waals surface area contributed by atoms with Gasteiger partial charge in [-0.15, -0.1) is 0 Å². The van der Waals surface area contributed by atoms with Gasteiger partial charge < -0.3 is 24.1 Å². The third kappa shape index (κ3) is 4.70. The number of carboxylic acid groups (broad SMARTS) is 1. The van der Waals surface area contributed by atoms with Gasteiger partial charge in [0.25, 0.3) is 0 Å². The second kappa shape index (κ2) is 9.41. The zero-order chi connectivity index (χ0) is 22.7. The Balaban J connectivity index is 1.60. The quantitative estimate of drug-likeness (QED) is 0.564. The third-order valence-corrected chi connectivity index (χ3v) is 6.44. The Hall–Kier alpha value is -2.73. The average Bonchev–Trinajstić information content (AvgIpc) is 2.78. The molecule has 2 aromatic carbocycles. The van der Waals surface area contributed by atoms with Gasteiger partial charge >= 0.3 is 5.97 Å². The first-order valence-electron chi connectivity index (χ1n) is 11.4. The molecule has 1 fully saturated rings. The van der Waals surface area contributed by atoms with E-state index in [0.717, 1.165) is 29.9 Å². The van der Waals surface area contributed by atoms with E-state index in [9.17, 15) is 9.90 Å². The second-order valence-corrected chi connectivity index (χ2v) is 9.11. The van der Waals surface area contributed by atoms with Crippen LogP contribution in [0.3, 0.4) is 0 Å². The molecular weight excluding hydrogens is 408 g/mol. The van der Waals surface area contributed by atoms with E-state index in [1.807, 2.05) is 62.4 Å². The summed E-state index contributed by atoms with van der Waals surface area (Å²) in [5, 5.41) is 9.93. The molecule has 1 N–H and O–H groups in total. The molecule has 2 aliphatic rings. The molecule has 0 aromatic heterocycles. The van der Waals surface area contributed by atoms with Gasteiger partial charge in [-0.3, -0.25) is 4.79 Å². The Morgan fingerprint density at radius 3 is 2.62 bits per heavy atom. The van der Waals surface area contributed by atoms with Gasteiger partial charge in [0.05, 0.1) is 18.6 Å². The summed E-state index contributed by atoms with van der Waals surface area (Å²) < 4.78 is 24.6. The zero-order valence-electron chi connectivity index (χ0n) is 19.0. The van der Waals surface area contributed by atoms with Crippen LogP contribution in [0.25, 0.3) is 0 Å². The summed E-state index contributed by atoms with van der Waals surface area (Å²) in [6.45, 7) is 6.96. The van der Waals surface area contributed by atoms with Gasteiger partial charge in [0.2, 0.25) is 0 Å². The van der Waals surface area contributed by atoms with Gasteiger partial charge in [-0.1, -0.05) is 31.5 Å². The van der Waals surface area contributed by atoms with Crippen LogP contribution < -0.4 is 14.2 Å². The van der Waals surface area contributed by atoms with Crippen LogP contribution in [0.1, 0.15) is 51.7 Å². The monoisotopic (exact) mass is 440 g/mol. The average molecular weight is 441 g/mol. The number of benzene rings is 2. The second-order valence-electron chi connectivity index (χ2n) is 9.11. The van der Waals surface area contributed by atoms with Crippen LogP contribution in [-0.2, 0) is 9.53 Å². The fraction of sp³-hybridized carbons (Fsp3) is 0.500. The number of ether oxygens (including phenoxy) is 4. The minimum atomic E-state index is -0.872. The molecule has 6 nitrogen and oxygen atoms in total.